The van der Waals surface area contributed by atoms with E-state index in [1.165, 1.54) is 5.34 Å². The summed E-state index contributed by atoms with van der Waals surface area (Å²) in [5.74, 6) is 0. The molecule has 0 saturated carbocycles. The van der Waals surface area contributed by atoms with Crippen molar-refractivity contribution in [3.8, 4) is 0 Å². The molecular formula is H3AlN2NaO5+3. The summed E-state index contributed by atoms with van der Waals surface area (Å²) in [6.07, 6.45) is 0. The Labute approximate surface area is 84.0 Å². The molecule has 0 aliphatic heterocycles. The van der Waals surface area contributed by atoms with Gasteiger partial charge in [-0.2, -0.15) is 0 Å². The Morgan fingerprint density at radius 2 is 1.67 bits per heavy atom. The molecule has 0 aromatic heterocycles. The summed E-state index contributed by atoms with van der Waals surface area (Å²) in [6.45, 7) is 0. The van der Waals surface area contributed by atoms with Crippen LogP contribution in [0.15, 0.2) is 5.34 Å². The van der Waals surface area contributed by atoms with Gasteiger partial charge in [-0.15, -0.1) is 15.0 Å². The van der Waals surface area contributed by atoms with Gasteiger partial charge in [-0.05, 0) is 0 Å². The van der Waals surface area contributed by atoms with E-state index >= 15 is 0 Å². The summed E-state index contributed by atoms with van der Waals surface area (Å²) in [5.41, 5.74) is 0. The van der Waals surface area contributed by atoms with E-state index in [0.29, 0.717) is 0 Å². The Morgan fingerprint density at radius 1 is 1.67 bits per heavy atom. The Balaban J connectivity index is -0.0000000131. The zero-order valence-corrected chi connectivity index (χ0v) is 7.75. The molecular weight excluding hydrogens is 158 g/mol. The van der Waals surface area contributed by atoms with Crippen molar-refractivity contribution >= 4 is 17.4 Å². The molecule has 0 aromatic rings. The number of hydrogen-bond donors (Lipinski definition) is 2. The molecule has 0 aliphatic rings. The minimum absolute atomic E-state index is 0. The van der Waals surface area contributed by atoms with E-state index in [1.54, 1.807) is 0 Å². The van der Waals surface area contributed by atoms with E-state index in [2.05, 4.69) is 0 Å². The van der Waals surface area contributed by atoms with Gasteiger partial charge < -0.3 is 11.8 Å². The molecule has 9 heteroatoms. The van der Waals surface area contributed by atoms with E-state index in [-0.39, 0.29) is 48.3 Å². The normalized spacial score (nSPS) is 4.00. The molecule has 0 aromatic carbocycles. The monoisotopic (exact) mass is 161 g/mol. The van der Waals surface area contributed by atoms with Gasteiger partial charge in [-0.1, -0.05) is 0 Å². The van der Waals surface area contributed by atoms with Gasteiger partial charge in [0.2, 0.25) is 0 Å². The van der Waals surface area contributed by atoms with Crippen LogP contribution in [0.1, 0.15) is 1.43 Å². The van der Waals surface area contributed by atoms with Gasteiger partial charge in [0, 0.05) is 0 Å². The Morgan fingerprint density at radius 3 is 1.67 bits per heavy atom. The molecule has 0 spiro atoms. The quantitative estimate of drug-likeness (QED) is 0.166. The summed E-state index contributed by atoms with van der Waals surface area (Å²) in [4.78, 5) is 16.5. The van der Waals surface area contributed by atoms with Crippen molar-refractivity contribution < 1.29 is 46.5 Å². The first kappa shape index (κ1) is 22.9. The van der Waals surface area contributed by atoms with Crippen molar-refractivity contribution in [3.05, 3.63) is 15.0 Å². The standard InChI is InChI=1S/Al.HNO3.HNO2.Na.H/c;2-1(3)4;2-1-3;;/h;(H,2,3,4);(H,2,3);;/q+3;;;+1;-1. The van der Waals surface area contributed by atoms with Crippen LogP contribution in [0.4, 0.5) is 0 Å². The van der Waals surface area contributed by atoms with E-state index in [4.69, 9.17) is 25.4 Å². The fraction of sp³-hybridized carbons (Fsp3) is 0. The van der Waals surface area contributed by atoms with E-state index in [0.717, 1.165) is 0 Å². The van der Waals surface area contributed by atoms with Crippen LogP contribution in [0.3, 0.4) is 0 Å². The third kappa shape index (κ3) is 17400. The van der Waals surface area contributed by atoms with Crippen LogP contribution >= 0.6 is 0 Å². The predicted molar refractivity (Wildman–Crippen MR) is 23.2 cm³/mol. The number of rotatable bonds is 0. The molecule has 0 heterocycles. The van der Waals surface area contributed by atoms with Crippen LogP contribution in [0, 0.1) is 15.0 Å². The first-order chi connectivity index (χ1) is 3.15. The second kappa shape index (κ2) is 24.2. The van der Waals surface area contributed by atoms with Crippen molar-refractivity contribution in [2.75, 3.05) is 0 Å². The molecule has 0 bridgehead atoms. The van der Waals surface area contributed by atoms with Gasteiger partial charge in [0.25, 0.3) is 5.09 Å². The molecule has 2 N–H and O–H groups in total. The summed E-state index contributed by atoms with van der Waals surface area (Å²) < 4.78 is 0. The smallest absolute Gasteiger partial charge is 1.00 e. The summed E-state index contributed by atoms with van der Waals surface area (Å²) >= 11 is 0. The van der Waals surface area contributed by atoms with E-state index in [9.17, 15) is 0 Å². The van der Waals surface area contributed by atoms with Crippen molar-refractivity contribution in [1.82, 2.24) is 0 Å². The van der Waals surface area contributed by atoms with Gasteiger partial charge >= 0.3 is 46.9 Å². The van der Waals surface area contributed by atoms with Crippen LogP contribution in [0.5, 0.6) is 0 Å². The first-order valence-corrected chi connectivity index (χ1v) is 0.948. The average molecular weight is 161 g/mol. The van der Waals surface area contributed by atoms with Crippen molar-refractivity contribution in [2.45, 2.75) is 0 Å². The molecule has 0 saturated heterocycles. The summed E-state index contributed by atoms with van der Waals surface area (Å²) in [6, 6.07) is 0. The fourth-order valence-electron chi connectivity index (χ4n) is 0. The third-order valence-corrected chi connectivity index (χ3v) is 0. The van der Waals surface area contributed by atoms with Crippen LogP contribution < -0.4 is 29.6 Å². The minimum Gasteiger partial charge on any atom is -1.00 e. The maximum Gasteiger partial charge on any atom is 3.00 e. The maximum atomic E-state index is 8.36. The number of nitrogens with zero attached hydrogens (tertiary/aromatic N) is 2. The SMILES string of the molecule is O=NO.O=[N+]([O-])O.[Al+3].[H-].[Na+]. The Hall–Kier alpha value is 0.132. The molecule has 44 valence electrons. The fourth-order valence-corrected chi connectivity index (χ4v) is 0. The maximum absolute atomic E-state index is 8.36. The van der Waals surface area contributed by atoms with Gasteiger partial charge in [-0.3, -0.25) is 0 Å². The summed E-state index contributed by atoms with van der Waals surface area (Å²) in [5, 5.41) is 21.5. The molecule has 0 rings (SSSR count). The van der Waals surface area contributed by atoms with Gasteiger partial charge in [-0.25, -0.2) is 0 Å². The van der Waals surface area contributed by atoms with Crippen LogP contribution in [-0.4, -0.2) is 32.9 Å². The third-order valence-electron chi connectivity index (χ3n) is 0. The van der Waals surface area contributed by atoms with Crippen LogP contribution in [0.2, 0.25) is 0 Å². The first-order valence-electron chi connectivity index (χ1n) is 0.948. The molecule has 9 heavy (non-hydrogen) atoms. The van der Waals surface area contributed by atoms with Gasteiger partial charge in [0.05, 0.1) is 0 Å². The number of hydrogen-bond acceptors (Lipinski definition) is 4. The zero-order valence-electron chi connectivity index (χ0n) is 5.59. The molecule has 0 aliphatic carbocycles. The van der Waals surface area contributed by atoms with Gasteiger partial charge in [0.1, 0.15) is 0 Å². The predicted octanol–water partition coefficient (Wildman–Crippen LogP) is -3.47. The van der Waals surface area contributed by atoms with Crippen molar-refractivity contribution in [1.29, 1.82) is 0 Å². The largest absolute Gasteiger partial charge is 3.00 e. The molecule has 0 atom stereocenters. The molecule has 0 fully saturated rings. The second-order valence-electron chi connectivity index (χ2n) is 0.319. The molecule has 0 radical (unpaired) electrons. The van der Waals surface area contributed by atoms with E-state index < -0.39 is 5.09 Å². The minimum atomic E-state index is -1.50. The van der Waals surface area contributed by atoms with Crippen LogP contribution in [0.25, 0.3) is 0 Å². The van der Waals surface area contributed by atoms with Gasteiger partial charge in [0.15, 0.2) is 5.34 Å². The molecule has 7 nitrogen and oxygen atoms in total. The van der Waals surface area contributed by atoms with Crippen LogP contribution in [-0.2, 0) is 0 Å². The topological polar surface area (TPSA) is 113 Å². The Kier molecular flexibility index (Phi) is 61.7. The van der Waals surface area contributed by atoms with E-state index in [1.807, 2.05) is 0 Å². The second-order valence-corrected chi connectivity index (χ2v) is 0.319. The molecule has 0 amide bonds. The molecule has 0 unspecified atom stereocenters. The van der Waals surface area contributed by atoms with Crippen molar-refractivity contribution in [3.63, 3.8) is 0 Å². The summed E-state index contributed by atoms with van der Waals surface area (Å²) in [7, 11) is 0. The Bertz CT molecular complexity index is 66.7. The zero-order chi connectivity index (χ0) is 6.28. The van der Waals surface area contributed by atoms with Crippen molar-refractivity contribution in [2.24, 2.45) is 5.34 Å². The average Bonchev–Trinajstić information content (AvgIpc) is 1.33.